The van der Waals surface area contributed by atoms with E-state index in [0.717, 1.165) is 26.7 Å². The Hall–Kier alpha value is -1.35. The topological polar surface area (TPSA) is 12.9 Å². The molecular weight excluding hydrogens is 297 g/mol. The lowest BCUT2D eigenvalue weighted by Gasteiger charge is -2.02. The Morgan fingerprint density at radius 1 is 0.789 bits per heavy atom. The minimum absolute atomic E-state index is 0.545. The lowest BCUT2D eigenvalue weighted by molar-refractivity contribution is 1.41. The molecule has 0 bridgehead atoms. The van der Waals surface area contributed by atoms with Crippen LogP contribution < -0.4 is 0 Å². The molecule has 0 aliphatic rings. The summed E-state index contributed by atoms with van der Waals surface area (Å²) in [6.45, 7) is 0. The number of rotatable bonds is 2. The van der Waals surface area contributed by atoms with Crippen LogP contribution in [0.25, 0.3) is 21.7 Å². The summed E-state index contributed by atoms with van der Waals surface area (Å²) in [5.41, 5.74) is 3.06. The Morgan fingerprint density at radius 3 is 2.16 bits per heavy atom. The number of benzene rings is 2. The molecule has 1 nitrogen and oxygen atoms in total. The van der Waals surface area contributed by atoms with Gasteiger partial charge >= 0.3 is 0 Å². The van der Waals surface area contributed by atoms with Crippen LogP contribution in [0.4, 0.5) is 0 Å². The van der Waals surface area contributed by atoms with Crippen molar-refractivity contribution in [2.45, 2.75) is 0 Å². The normalized spacial score (nSPS) is 10.6. The van der Waals surface area contributed by atoms with Gasteiger partial charge in [-0.25, -0.2) is 4.98 Å². The molecule has 0 fully saturated rings. The smallest absolute Gasteiger partial charge is 0.184 e. The quantitative estimate of drug-likeness (QED) is 0.584. The highest BCUT2D eigenvalue weighted by Crippen LogP contribution is 2.38. The van der Waals surface area contributed by atoms with Gasteiger partial charge in [0.05, 0.1) is 10.6 Å². The van der Waals surface area contributed by atoms with Crippen LogP contribution in [0.5, 0.6) is 0 Å². The molecule has 0 aliphatic heterocycles. The predicted octanol–water partition coefficient (Wildman–Crippen LogP) is 5.78. The van der Waals surface area contributed by atoms with Crippen molar-refractivity contribution in [1.29, 1.82) is 0 Å². The first-order valence-corrected chi connectivity index (χ1v) is 7.29. The van der Waals surface area contributed by atoms with Gasteiger partial charge in [0.2, 0.25) is 0 Å². The molecule has 0 amide bonds. The van der Waals surface area contributed by atoms with E-state index < -0.39 is 0 Å². The van der Waals surface area contributed by atoms with Gasteiger partial charge in [-0.05, 0) is 17.7 Å². The molecular formula is C15H9Cl2NS. The average Bonchev–Trinajstić information content (AvgIpc) is 2.83. The average molecular weight is 306 g/mol. The van der Waals surface area contributed by atoms with Gasteiger partial charge in [0.1, 0.15) is 0 Å². The maximum Gasteiger partial charge on any atom is 0.184 e. The first-order valence-electron chi connectivity index (χ1n) is 5.72. The van der Waals surface area contributed by atoms with Crippen molar-refractivity contribution in [3.05, 3.63) is 64.1 Å². The first kappa shape index (κ1) is 12.7. The zero-order chi connectivity index (χ0) is 13.2. The second-order valence-electron chi connectivity index (χ2n) is 4.02. The molecule has 4 heteroatoms. The highest BCUT2D eigenvalue weighted by Gasteiger charge is 2.13. The fourth-order valence-corrected chi connectivity index (χ4v) is 3.14. The van der Waals surface area contributed by atoms with Gasteiger partial charge in [-0.1, -0.05) is 65.7 Å². The number of halogens is 2. The van der Waals surface area contributed by atoms with Crippen LogP contribution in [0.15, 0.2) is 54.6 Å². The van der Waals surface area contributed by atoms with Crippen molar-refractivity contribution in [2.75, 3.05) is 0 Å². The van der Waals surface area contributed by atoms with Crippen molar-refractivity contribution >= 4 is 34.5 Å². The molecule has 1 heterocycles. The zero-order valence-corrected chi connectivity index (χ0v) is 12.1. The molecule has 0 saturated carbocycles. The molecule has 0 saturated heterocycles. The molecule has 0 atom stereocenters. The molecule has 0 N–H and O–H groups in total. The molecule has 2 aromatic carbocycles. The van der Waals surface area contributed by atoms with E-state index in [2.05, 4.69) is 4.98 Å². The Balaban J connectivity index is 2.15. The summed E-state index contributed by atoms with van der Waals surface area (Å²) in [6, 6.07) is 17.8. The first-order chi connectivity index (χ1) is 9.24. The molecule has 3 aromatic rings. The highest BCUT2D eigenvalue weighted by molar-refractivity contribution is 7.19. The van der Waals surface area contributed by atoms with Gasteiger partial charge in [0, 0.05) is 10.6 Å². The maximum absolute atomic E-state index is 6.08. The van der Waals surface area contributed by atoms with Gasteiger partial charge in [-0.15, -0.1) is 11.3 Å². The summed E-state index contributed by atoms with van der Waals surface area (Å²) in [7, 11) is 0. The number of hydrogen-bond acceptors (Lipinski definition) is 2. The third-order valence-corrected chi connectivity index (χ3v) is 4.22. The van der Waals surface area contributed by atoms with Crippen LogP contribution >= 0.6 is 34.5 Å². The summed E-state index contributed by atoms with van der Waals surface area (Å²) < 4.78 is 0.545. The standard InChI is InChI=1S/C15H9Cl2NS/c16-12-8-6-11(7-9-12)14-13(18-15(17)19-14)10-4-2-1-3-5-10/h1-9H. The third kappa shape index (κ3) is 2.66. The van der Waals surface area contributed by atoms with Crippen LogP contribution in [0.1, 0.15) is 0 Å². The van der Waals surface area contributed by atoms with E-state index in [1.807, 2.05) is 54.6 Å². The van der Waals surface area contributed by atoms with E-state index in [9.17, 15) is 0 Å². The molecule has 0 spiro atoms. The number of thiazole rings is 1. The van der Waals surface area contributed by atoms with E-state index in [4.69, 9.17) is 23.2 Å². The number of aromatic nitrogens is 1. The van der Waals surface area contributed by atoms with Crippen molar-refractivity contribution in [2.24, 2.45) is 0 Å². The van der Waals surface area contributed by atoms with Crippen LogP contribution in [-0.2, 0) is 0 Å². The maximum atomic E-state index is 6.08. The second-order valence-corrected chi connectivity index (χ2v) is 6.04. The van der Waals surface area contributed by atoms with Crippen LogP contribution in [-0.4, -0.2) is 4.98 Å². The van der Waals surface area contributed by atoms with Gasteiger partial charge in [-0.2, -0.15) is 0 Å². The Kier molecular flexibility index (Phi) is 3.56. The van der Waals surface area contributed by atoms with Crippen LogP contribution in [0, 0.1) is 0 Å². The molecule has 0 radical (unpaired) electrons. The number of nitrogens with zero attached hydrogens (tertiary/aromatic N) is 1. The van der Waals surface area contributed by atoms with Gasteiger partial charge in [0.25, 0.3) is 0 Å². The van der Waals surface area contributed by atoms with Crippen molar-refractivity contribution < 1.29 is 0 Å². The summed E-state index contributed by atoms with van der Waals surface area (Å²) in [5.74, 6) is 0. The fraction of sp³-hybridized carbons (Fsp3) is 0. The zero-order valence-electron chi connectivity index (χ0n) is 9.81. The fourth-order valence-electron chi connectivity index (χ4n) is 1.88. The van der Waals surface area contributed by atoms with E-state index in [0.29, 0.717) is 4.47 Å². The van der Waals surface area contributed by atoms with Gasteiger partial charge < -0.3 is 0 Å². The monoisotopic (exact) mass is 305 g/mol. The van der Waals surface area contributed by atoms with Crippen molar-refractivity contribution in [3.8, 4) is 21.7 Å². The minimum atomic E-state index is 0.545. The Morgan fingerprint density at radius 2 is 1.47 bits per heavy atom. The molecule has 3 rings (SSSR count). The van der Waals surface area contributed by atoms with Crippen LogP contribution in [0.3, 0.4) is 0 Å². The van der Waals surface area contributed by atoms with Gasteiger partial charge in [-0.3, -0.25) is 0 Å². The Bertz CT molecular complexity index is 690. The molecule has 19 heavy (non-hydrogen) atoms. The summed E-state index contributed by atoms with van der Waals surface area (Å²) in [4.78, 5) is 5.49. The Labute approximate surface area is 125 Å². The molecule has 0 aliphatic carbocycles. The summed E-state index contributed by atoms with van der Waals surface area (Å²) in [6.07, 6.45) is 0. The van der Waals surface area contributed by atoms with Gasteiger partial charge in [0.15, 0.2) is 4.47 Å². The molecule has 94 valence electrons. The third-order valence-electron chi connectivity index (χ3n) is 2.75. The van der Waals surface area contributed by atoms with E-state index in [1.165, 1.54) is 11.3 Å². The van der Waals surface area contributed by atoms with E-state index in [1.54, 1.807) is 0 Å². The minimum Gasteiger partial charge on any atom is -0.224 e. The number of hydrogen-bond donors (Lipinski definition) is 0. The van der Waals surface area contributed by atoms with Crippen molar-refractivity contribution in [1.82, 2.24) is 4.98 Å². The van der Waals surface area contributed by atoms with E-state index >= 15 is 0 Å². The summed E-state index contributed by atoms with van der Waals surface area (Å²) in [5, 5.41) is 0.723. The molecule has 0 unspecified atom stereocenters. The van der Waals surface area contributed by atoms with E-state index in [-0.39, 0.29) is 0 Å². The SMILES string of the molecule is Clc1ccc(-c2sc(Cl)nc2-c2ccccc2)cc1. The van der Waals surface area contributed by atoms with Crippen LogP contribution in [0.2, 0.25) is 9.49 Å². The lowest BCUT2D eigenvalue weighted by atomic mass is 10.1. The second kappa shape index (κ2) is 5.33. The molecule has 1 aromatic heterocycles. The summed E-state index contributed by atoms with van der Waals surface area (Å²) >= 11 is 13.5. The highest BCUT2D eigenvalue weighted by atomic mass is 35.5. The predicted molar refractivity (Wildman–Crippen MR) is 83.0 cm³/mol. The lowest BCUT2D eigenvalue weighted by Crippen LogP contribution is -1.81. The largest absolute Gasteiger partial charge is 0.224 e. The van der Waals surface area contributed by atoms with Crippen molar-refractivity contribution in [3.63, 3.8) is 0 Å².